The molecule has 7 heteroatoms. The number of hydrogen-bond donors (Lipinski definition) is 2. The van der Waals surface area contributed by atoms with E-state index in [-0.39, 0.29) is 24.1 Å². The largest absolute Gasteiger partial charge is 0.449 e. The van der Waals surface area contributed by atoms with Crippen LogP contribution < -0.4 is 11.1 Å². The second-order valence-electron chi connectivity index (χ2n) is 7.62. The number of nitrogens with two attached hydrogens (primary N) is 1. The maximum Gasteiger partial charge on any atom is 0.407 e. The third-order valence-corrected chi connectivity index (χ3v) is 5.99. The lowest BCUT2D eigenvalue weighted by Gasteiger charge is -2.36. The van der Waals surface area contributed by atoms with Crippen LogP contribution in [0.1, 0.15) is 41.6 Å². The van der Waals surface area contributed by atoms with Gasteiger partial charge in [-0.2, -0.15) is 0 Å². The van der Waals surface area contributed by atoms with E-state index in [0.29, 0.717) is 13.2 Å². The molecular formula is C22H23N5O2. The summed E-state index contributed by atoms with van der Waals surface area (Å²) in [5, 5.41) is 11.1. The van der Waals surface area contributed by atoms with Crippen LogP contribution in [-0.2, 0) is 11.3 Å². The first-order chi connectivity index (χ1) is 14.2. The molecule has 1 fully saturated rings. The zero-order chi connectivity index (χ0) is 19.8. The Morgan fingerprint density at radius 2 is 1.79 bits per heavy atom. The van der Waals surface area contributed by atoms with Crippen molar-refractivity contribution in [3.63, 3.8) is 0 Å². The van der Waals surface area contributed by atoms with Gasteiger partial charge in [-0.3, -0.25) is 0 Å². The monoisotopic (exact) mass is 389 g/mol. The van der Waals surface area contributed by atoms with Crippen molar-refractivity contribution in [2.75, 3.05) is 6.61 Å². The first kappa shape index (κ1) is 17.9. The van der Waals surface area contributed by atoms with Crippen molar-refractivity contribution in [1.82, 2.24) is 20.3 Å². The lowest BCUT2D eigenvalue weighted by atomic mass is 9.86. The van der Waals surface area contributed by atoms with Crippen LogP contribution in [0.15, 0.2) is 54.7 Å². The van der Waals surface area contributed by atoms with Crippen molar-refractivity contribution in [2.24, 2.45) is 5.73 Å². The van der Waals surface area contributed by atoms with E-state index in [1.165, 1.54) is 22.3 Å². The van der Waals surface area contributed by atoms with Crippen molar-refractivity contribution < 1.29 is 9.53 Å². The van der Waals surface area contributed by atoms with Gasteiger partial charge in [0.1, 0.15) is 6.61 Å². The molecule has 29 heavy (non-hydrogen) atoms. The summed E-state index contributed by atoms with van der Waals surface area (Å²) in [5.74, 6) is 0.0627. The van der Waals surface area contributed by atoms with Gasteiger partial charge in [0.05, 0.1) is 24.0 Å². The summed E-state index contributed by atoms with van der Waals surface area (Å²) >= 11 is 0. The summed E-state index contributed by atoms with van der Waals surface area (Å²) in [6, 6.07) is 16.7. The Labute approximate surface area is 168 Å². The number of rotatable bonds is 5. The van der Waals surface area contributed by atoms with Crippen molar-refractivity contribution in [2.45, 2.75) is 37.4 Å². The van der Waals surface area contributed by atoms with Crippen LogP contribution >= 0.6 is 0 Å². The lowest BCUT2D eigenvalue weighted by Crippen LogP contribution is -2.48. The van der Waals surface area contributed by atoms with Gasteiger partial charge < -0.3 is 15.8 Å². The van der Waals surface area contributed by atoms with E-state index in [4.69, 9.17) is 10.5 Å². The summed E-state index contributed by atoms with van der Waals surface area (Å²) in [6.45, 7) is 0.676. The third-order valence-electron chi connectivity index (χ3n) is 5.99. The van der Waals surface area contributed by atoms with Crippen LogP contribution in [0.2, 0.25) is 0 Å². The molecule has 3 aromatic rings. The molecule has 0 bridgehead atoms. The summed E-state index contributed by atoms with van der Waals surface area (Å²) in [4.78, 5) is 12.5. The predicted molar refractivity (Wildman–Crippen MR) is 108 cm³/mol. The number of carbonyl (C=O) groups excluding carboxylic acids is 1. The summed E-state index contributed by atoms with van der Waals surface area (Å²) in [6.07, 6.45) is 3.30. The van der Waals surface area contributed by atoms with E-state index in [9.17, 15) is 4.79 Å². The molecule has 2 unspecified atom stereocenters. The van der Waals surface area contributed by atoms with Crippen molar-refractivity contribution in [3.05, 3.63) is 71.5 Å². The van der Waals surface area contributed by atoms with Gasteiger partial charge in [-0.15, -0.1) is 5.10 Å². The van der Waals surface area contributed by atoms with E-state index < -0.39 is 0 Å². The highest BCUT2D eigenvalue weighted by Crippen LogP contribution is 2.44. The molecule has 3 N–H and O–H groups in total. The van der Waals surface area contributed by atoms with E-state index in [1.807, 2.05) is 30.5 Å². The van der Waals surface area contributed by atoms with Crippen LogP contribution in [0.4, 0.5) is 4.79 Å². The molecule has 2 atom stereocenters. The first-order valence-corrected chi connectivity index (χ1v) is 9.97. The number of carbonyl (C=O) groups is 1. The topological polar surface area (TPSA) is 95.1 Å². The van der Waals surface area contributed by atoms with Crippen LogP contribution in [0.5, 0.6) is 0 Å². The van der Waals surface area contributed by atoms with Crippen LogP contribution in [-0.4, -0.2) is 33.7 Å². The Morgan fingerprint density at radius 1 is 1.10 bits per heavy atom. The van der Waals surface area contributed by atoms with Gasteiger partial charge in [0.15, 0.2) is 0 Å². The van der Waals surface area contributed by atoms with Gasteiger partial charge >= 0.3 is 6.09 Å². The second-order valence-corrected chi connectivity index (χ2v) is 7.62. The van der Waals surface area contributed by atoms with E-state index in [0.717, 1.165) is 18.5 Å². The number of nitrogens with one attached hydrogen (secondary N) is 1. The van der Waals surface area contributed by atoms with Gasteiger partial charge in [0, 0.05) is 12.5 Å². The van der Waals surface area contributed by atoms with Gasteiger partial charge in [0.25, 0.3) is 0 Å². The number of alkyl carbamates (subject to hydrolysis) is 1. The fraction of sp³-hybridized carbons (Fsp3) is 0.318. The number of fused-ring (bicyclic) bond motifs is 3. The SMILES string of the molecule is NCc1cn(C2CCC2NC(=O)OCC2c3ccccc3-c3ccccc32)nn1. The smallest absolute Gasteiger partial charge is 0.407 e. The molecule has 0 radical (unpaired) electrons. The van der Waals surface area contributed by atoms with Crippen molar-refractivity contribution in [1.29, 1.82) is 0 Å². The number of ether oxygens (including phenoxy) is 1. The van der Waals surface area contributed by atoms with Crippen LogP contribution in [0.3, 0.4) is 0 Å². The maximum absolute atomic E-state index is 12.5. The van der Waals surface area contributed by atoms with Crippen LogP contribution in [0, 0.1) is 0 Å². The summed E-state index contributed by atoms with van der Waals surface area (Å²) < 4.78 is 7.43. The zero-order valence-electron chi connectivity index (χ0n) is 16.0. The highest BCUT2D eigenvalue weighted by Gasteiger charge is 2.35. The van der Waals surface area contributed by atoms with Crippen LogP contribution in [0.25, 0.3) is 11.1 Å². The van der Waals surface area contributed by atoms with Gasteiger partial charge in [0.2, 0.25) is 0 Å². The van der Waals surface area contributed by atoms with Gasteiger partial charge in [-0.05, 0) is 35.1 Å². The molecule has 0 saturated heterocycles. The molecule has 0 aliphatic heterocycles. The quantitative estimate of drug-likeness (QED) is 0.699. The van der Waals surface area contributed by atoms with E-state index in [2.05, 4.69) is 39.9 Å². The molecule has 1 amide bonds. The van der Waals surface area contributed by atoms with Gasteiger partial charge in [-0.1, -0.05) is 53.7 Å². The first-order valence-electron chi connectivity index (χ1n) is 9.97. The number of amides is 1. The zero-order valence-corrected chi connectivity index (χ0v) is 16.0. The van der Waals surface area contributed by atoms with E-state index in [1.54, 1.807) is 4.68 Å². The molecule has 2 aliphatic rings. The summed E-state index contributed by atoms with van der Waals surface area (Å²) in [7, 11) is 0. The molecule has 148 valence electrons. The molecule has 7 nitrogen and oxygen atoms in total. The molecular weight excluding hydrogens is 366 g/mol. The molecule has 2 aromatic carbocycles. The highest BCUT2D eigenvalue weighted by atomic mass is 16.5. The average molecular weight is 389 g/mol. The fourth-order valence-electron chi connectivity index (χ4n) is 4.33. The minimum Gasteiger partial charge on any atom is -0.449 e. The number of hydrogen-bond acceptors (Lipinski definition) is 5. The van der Waals surface area contributed by atoms with Gasteiger partial charge in [-0.25, -0.2) is 9.48 Å². The normalized spacial score (nSPS) is 19.9. The summed E-state index contributed by atoms with van der Waals surface area (Å²) in [5.41, 5.74) is 11.2. The highest BCUT2D eigenvalue weighted by molar-refractivity contribution is 5.79. The Hall–Kier alpha value is -3.19. The minimum atomic E-state index is -0.388. The Kier molecular flexibility index (Phi) is 4.52. The lowest BCUT2D eigenvalue weighted by molar-refractivity contribution is 0.119. The van der Waals surface area contributed by atoms with E-state index >= 15 is 0 Å². The number of aromatic nitrogens is 3. The molecule has 5 rings (SSSR count). The molecule has 2 aliphatic carbocycles. The predicted octanol–water partition coefficient (Wildman–Crippen LogP) is 2.98. The second kappa shape index (κ2) is 7.33. The molecule has 1 aromatic heterocycles. The number of benzene rings is 2. The molecule has 1 heterocycles. The van der Waals surface area contributed by atoms with Crippen molar-refractivity contribution >= 4 is 6.09 Å². The fourth-order valence-corrected chi connectivity index (χ4v) is 4.33. The Morgan fingerprint density at radius 3 is 2.38 bits per heavy atom. The third kappa shape index (κ3) is 3.17. The molecule has 1 saturated carbocycles. The Bertz CT molecular complexity index is 1000. The van der Waals surface area contributed by atoms with Crippen molar-refractivity contribution in [3.8, 4) is 11.1 Å². The standard InChI is InChI=1S/C22H23N5O2/c23-11-14-12-27(26-25-14)21-10-9-20(21)24-22(28)29-13-19-17-7-3-1-5-15(17)16-6-2-4-8-18(16)19/h1-8,12,19-21H,9-11,13,23H2,(H,24,28). The number of nitrogens with zero attached hydrogens (tertiary/aromatic N) is 3. The maximum atomic E-state index is 12.5. The molecule has 0 spiro atoms. The minimum absolute atomic E-state index is 0.00187. The average Bonchev–Trinajstić information content (AvgIpc) is 3.32. The Balaban J connectivity index is 1.23.